The van der Waals surface area contributed by atoms with Crippen LogP contribution in [-0.2, 0) is 11.2 Å². The molecule has 0 aromatic heterocycles. The van der Waals surface area contributed by atoms with E-state index >= 15 is 0 Å². The molecule has 2 aromatic rings. The van der Waals surface area contributed by atoms with E-state index in [2.05, 4.69) is 10.5 Å². The summed E-state index contributed by atoms with van der Waals surface area (Å²) < 4.78 is 0. The van der Waals surface area contributed by atoms with E-state index in [-0.39, 0.29) is 5.91 Å². The highest BCUT2D eigenvalue weighted by Gasteiger charge is 2.02. The van der Waals surface area contributed by atoms with Crippen LogP contribution in [0.5, 0.6) is 0 Å². The van der Waals surface area contributed by atoms with Gasteiger partial charge in [-0.3, -0.25) is 4.79 Å². The summed E-state index contributed by atoms with van der Waals surface area (Å²) in [5.74, 6) is -0.133. The van der Waals surface area contributed by atoms with Gasteiger partial charge in [0.05, 0.1) is 12.1 Å². The molecule has 0 aliphatic carbocycles. The van der Waals surface area contributed by atoms with E-state index in [1.165, 1.54) is 0 Å². The lowest BCUT2D eigenvalue weighted by molar-refractivity contribution is -0.120. The molecule has 2 rings (SSSR count). The Morgan fingerprint density at radius 1 is 1.10 bits per heavy atom. The molecule has 102 valence electrons. The quantitative estimate of drug-likeness (QED) is 0.507. The highest BCUT2D eigenvalue weighted by Crippen LogP contribution is 2.06. The molecule has 0 fully saturated rings. The van der Waals surface area contributed by atoms with Crippen LogP contribution in [0.3, 0.4) is 0 Å². The topological polar surface area (TPSA) is 67.5 Å². The zero-order chi connectivity index (χ0) is 14.4. The van der Waals surface area contributed by atoms with Crippen molar-refractivity contribution in [2.75, 3.05) is 5.73 Å². The third-order valence-electron chi connectivity index (χ3n) is 2.88. The predicted molar refractivity (Wildman–Crippen MR) is 81.4 cm³/mol. The number of hydrogen-bond donors (Lipinski definition) is 2. The third kappa shape index (κ3) is 3.95. The lowest BCUT2D eigenvalue weighted by Gasteiger charge is -2.03. The molecule has 2 aromatic carbocycles. The Morgan fingerprint density at radius 2 is 1.75 bits per heavy atom. The maximum Gasteiger partial charge on any atom is 0.244 e. The minimum atomic E-state index is -0.133. The number of nitrogens with two attached hydrogens (primary N) is 1. The van der Waals surface area contributed by atoms with Crippen molar-refractivity contribution in [2.45, 2.75) is 13.3 Å². The minimum absolute atomic E-state index is 0.133. The van der Waals surface area contributed by atoms with Crippen molar-refractivity contribution in [3.8, 4) is 0 Å². The lowest BCUT2D eigenvalue weighted by atomic mass is 10.1. The number of hydrogen-bond acceptors (Lipinski definition) is 3. The first-order valence-corrected chi connectivity index (χ1v) is 6.38. The predicted octanol–water partition coefficient (Wildman–Crippen LogP) is 2.35. The Hall–Kier alpha value is -2.62. The van der Waals surface area contributed by atoms with Gasteiger partial charge in [-0.25, -0.2) is 5.43 Å². The molecule has 0 aliphatic rings. The van der Waals surface area contributed by atoms with Crippen LogP contribution >= 0.6 is 0 Å². The molecule has 4 heteroatoms. The molecule has 0 bridgehead atoms. The van der Waals surface area contributed by atoms with Gasteiger partial charge in [-0.2, -0.15) is 5.10 Å². The summed E-state index contributed by atoms with van der Waals surface area (Å²) in [6, 6.07) is 16.9. The standard InChI is InChI=1S/C16H17N3O/c1-12(14-7-9-15(17)10-8-14)18-19-16(20)11-13-5-3-2-4-6-13/h2-10H,11,17H2,1H3,(H,19,20)/b18-12+. The summed E-state index contributed by atoms with van der Waals surface area (Å²) in [7, 11) is 0. The summed E-state index contributed by atoms with van der Waals surface area (Å²) in [6.45, 7) is 1.84. The van der Waals surface area contributed by atoms with Crippen LogP contribution in [0.1, 0.15) is 18.1 Å². The van der Waals surface area contributed by atoms with Crippen LogP contribution < -0.4 is 11.2 Å². The van der Waals surface area contributed by atoms with Gasteiger partial charge in [0.1, 0.15) is 0 Å². The fourth-order valence-corrected chi connectivity index (χ4v) is 1.76. The number of amides is 1. The second-order valence-electron chi connectivity index (χ2n) is 4.52. The number of carbonyl (C=O) groups is 1. The van der Waals surface area contributed by atoms with Crippen molar-refractivity contribution in [2.24, 2.45) is 5.10 Å². The molecule has 1 amide bonds. The number of carbonyl (C=O) groups excluding carboxylic acids is 1. The van der Waals surface area contributed by atoms with E-state index in [0.29, 0.717) is 12.1 Å². The number of nitrogen functional groups attached to an aromatic ring is 1. The van der Waals surface area contributed by atoms with E-state index in [4.69, 9.17) is 5.73 Å². The second-order valence-corrected chi connectivity index (χ2v) is 4.52. The normalized spacial score (nSPS) is 11.2. The lowest BCUT2D eigenvalue weighted by Crippen LogP contribution is -2.21. The monoisotopic (exact) mass is 267 g/mol. The van der Waals surface area contributed by atoms with Crippen molar-refractivity contribution in [3.05, 3.63) is 65.7 Å². The number of hydrazone groups is 1. The van der Waals surface area contributed by atoms with E-state index in [1.807, 2.05) is 49.4 Å². The van der Waals surface area contributed by atoms with Crippen LogP contribution in [0, 0.1) is 0 Å². The Labute approximate surface area is 118 Å². The molecule has 0 saturated carbocycles. The first kappa shape index (κ1) is 13.8. The number of nitrogens with zero attached hydrogens (tertiary/aromatic N) is 1. The Kier molecular flexibility index (Phi) is 4.50. The van der Waals surface area contributed by atoms with Crippen molar-refractivity contribution in [1.29, 1.82) is 0 Å². The summed E-state index contributed by atoms with van der Waals surface area (Å²) in [5, 5.41) is 4.10. The largest absolute Gasteiger partial charge is 0.399 e. The minimum Gasteiger partial charge on any atom is -0.399 e. The molecule has 0 aliphatic heterocycles. The van der Waals surface area contributed by atoms with Crippen LogP contribution in [-0.4, -0.2) is 11.6 Å². The number of nitrogens with one attached hydrogen (secondary N) is 1. The SMILES string of the molecule is C/C(=N\NC(=O)Cc1ccccc1)c1ccc(N)cc1. The van der Waals surface area contributed by atoms with Gasteiger partial charge in [0.25, 0.3) is 0 Å². The Bertz CT molecular complexity index is 603. The van der Waals surface area contributed by atoms with E-state index in [1.54, 1.807) is 12.1 Å². The van der Waals surface area contributed by atoms with Gasteiger partial charge >= 0.3 is 0 Å². The molecule has 4 nitrogen and oxygen atoms in total. The van der Waals surface area contributed by atoms with Gasteiger partial charge in [0.15, 0.2) is 0 Å². The smallest absolute Gasteiger partial charge is 0.244 e. The van der Waals surface area contributed by atoms with E-state index in [9.17, 15) is 4.79 Å². The van der Waals surface area contributed by atoms with Gasteiger partial charge in [-0.1, -0.05) is 42.5 Å². The van der Waals surface area contributed by atoms with Gasteiger partial charge in [0.2, 0.25) is 5.91 Å². The van der Waals surface area contributed by atoms with Crippen LogP contribution in [0.2, 0.25) is 0 Å². The fourth-order valence-electron chi connectivity index (χ4n) is 1.76. The molecule has 3 N–H and O–H groups in total. The first-order chi connectivity index (χ1) is 9.65. The zero-order valence-corrected chi connectivity index (χ0v) is 11.3. The molecule has 0 spiro atoms. The molecule has 20 heavy (non-hydrogen) atoms. The Morgan fingerprint density at radius 3 is 2.40 bits per heavy atom. The van der Waals surface area contributed by atoms with Crippen molar-refractivity contribution >= 4 is 17.3 Å². The summed E-state index contributed by atoms with van der Waals surface area (Å²) in [4.78, 5) is 11.8. The van der Waals surface area contributed by atoms with Crippen LogP contribution in [0.15, 0.2) is 59.7 Å². The van der Waals surface area contributed by atoms with Gasteiger partial charge < -0.3 is 5.73 Å². The van der Waals surface area contributed by atoms with E-state index in [0.717, 1.165) is 16.8 Å². The van der Waals surface area contributed by atoms with E-state index < -0.39 is 0 Å². The summed E-state index contributed by atoms with van der Waals surface area (Å²) in [6.07, 6.45) is 0.319. The summed E-state index contributed by atoms with van der Waals surface area (Å²) in [5.41, 5.74) is 11.5. The third-order valence-corrected chi connectivity index (χ3v) is 2.88. The van der Waals surface area contributed by atoms with Crippen LogP contribution in [0.4, 0.5) is 5.69 Å². The number of benzene rings is 2. The van der Waals surface area contributed by atoms with Gasteiger partial charge in [-0.15, -0.1) is 0 Å². The van der Waals surface area contributed by atoms with Crippen molar-refractivity contribution in [1.82, 2.24) is 5.43 Å². The highest BCUT2D eigenvalue weighted by molar-refractivity contribution is 5.99. The average Bonchev–Trinajstić information content (AvgIpc) is 2.46. The molecule has 0 radical (unpaired) electrons. The van der Waals surface area contributed by atoms with Crippen molar-refractivity contribution < 1.29 is 4.79 Å². The number of anilines is 1. The Balaban J connectivity index is 1.95. The molecular weight excluding hydrogens is 250 g/mol. The molecule has 0 saturated heterocycles. The molecule has 0 heterocycles. The summed E-state index contributed by atoms with van der Waals surface area (Å²) >= 11 is 0. The van der Waals surface area contributed by atoms with Gasteiger partial charge in [0, 0.05) is 5.69 Å². The highest BCUT2D eigenvalue weighted by atomic mass is 16.2. The van der Waals surface area contributed by atoms with Crippen molar-refractivity contribution in [3.63, 3.8) is 0 Å². The number of rotatable bonds is 4. The molecular formula is C16H17N3O. The molecule has 0 atom stereocenters. The van der Waals surface area contributed by atoms with Gasteiger partial charge in [-0.05, 0) is 30.2 Å². The molecule has 0 unspecified atom stereocenters. The fraction of sp³-hybridized carbons (Fsp3) is 0.125. The maximum atomic E-state index is 11.8. The first-order valence-electron chi connectivity index (χ1n) is 6.38. The van der Waals surface area contributed by atoms with Crippen LogP contribution in [0.25, 0.3) is 0 Å². The zero-order valence-electron chi connectivity index (χ0n) is 11.3. The average molecular weight is 267 g/mol. The maximum absolute atomic E-state index is 11.8. The second kappa shape index (κ2) is 6.52.